The third-order valence-electron chi connectivity index (χ3n) is 6.25. The number of rotatable bonds is 4. The Hall–Kier alpha value is -1.94. The maximum Gasteiger partial charge on any atom is 0.222 e. The standard InChI is InChI=1S/C23H30N2O2/c26-23(17-19-9-14-27-15-10-19)25-12-3-4-18(8-13-25)16-20-5-1-7-22-21(20)6-2-11-24-22/h1-2,5-7,11,18-19H,3-4,8-10,12-17H2. The van der Waals surface area contributed by atoms with Gasteiger partial charge in [0, 0.05) is 44.3 Å². The van der Waals surface area contributed by atoms with Crippen molar-refractivity contribution in [3.8, 4) is 0 Å². The quantitative estimate of drug-likeness (QED) is 0.813. The van der Waals surface area contributed by atoms with Crippen LogP contribution in [0.25, 0.3) is 10.9 Å². The van der Waals surface area contributed by atoms with Crippen LogP contribution in [0.5, 0.6) is 0 Å². The van der Waals surface area contributed by atoms with Crippen molar-refractivity contribution in [2.24, 2.45) is 11.8 Å². The number of likely N-dealkylation sites (tertiary alicyclic amines) is 1. The molecule has 2 fully saturated rings. The van der Waals surface area contributed by atoms with Crippen LogP contribution in [0, 0.1) is 11.8 Å². The minimum atomic E-state index is 0.358. The highest BCUT2D eigenvalue weighted by molar-refractivity contribution is 5.82. The van der Waals surface area contributed by atoms with E-state index in [1.165, 1.54) is 17.4 Å². The van der Waals surface area contributed by atoms with Crippen molar-refractivity contribution in [1.29, 1.82) is 0 Å². The van der Waals surface area contributed by atoms with E-state index in [1.807, 2.05) is 12.3 Å². The highest BCUT2D eigenvalue weighted by atomic mass is 16.5. The number of hydrogen-bond donors (Lipinski definition) is 0. The Morgan fingerprint density at radius 1 is 1.04 bits per heavy atom. The monoisotopic (exact) mass is 366 g/mol. The van der Waals surface area contributed by atoms with Gasteiger partial charge in [0.25, 0.3) is 0 Å². The fraction of sp³-hybridized carbons (Fsp3) is 0.565. The first-order valence-corrected chi connectivity index (χ1v) is 10.5. The lowest BCUT2D eigenvalue weighted by molar-refractivity contribution is -0.132. The van der Waals surface area contributed by atoms with Gasteiger partial charge < -0.3 is 9.64 Å². The maximum absolute atomic E-state index is 12.7. The third kappa shape index (κ3) is 4.67. The first-order chi connectivity index (χ1) is 13.3. The van der Waals surface area contributed by atoms with Crippen LogP contribution in [0.2, 0.25) is 0 Å². The van der Waals surface area contributed by atoms with Gasteiger partial charge >= 0.3 is 0 Å². The molecule has 1 aromatic heterocycles. The minimum absolute atomic E-state index is 0.358. The Morgan fingerprint density at radius 2 is 1.93 bits per heavy atom. The number of pyridine rings is 1. The van der Waals surface area contributed by atoms with Gasteiger partial charge in [0.05, 0.1) is 5.52 Å². The maximum atomic E-state index is 12.7. The Balaban J connectivity index is 1.34. The van der Waals surface area contributed by atoms with Crippen molar-refractivity contribution < 1.29 is 9.53 Å². The van der Waals surface area contributed by atoms with Crippen molar-refractivity contribution in [3.63, 3.8) is 0 Å². The summed E-state index contributed by atoms with van der Waals surface area (Å²) in [5, 5.41) is 1.27. The van der Waals surface area contributed by atoms with Crippen LogP contribution in [0.15, 0.2) is 36.5 Å². The molecule has 4 heteroatoms. The second kappa shape index (κ2) is 8.83. The number of carbonyl (C=O) groups excluding carboxylic acids is 1. The molecular weight excluding hydrogens is 336 g/mol. The number of carbonyl (C=O) groups is 1. The summed E-state index contributed by atoms with van der Waals surface area (Å²) < 4.78 is 5.42. The molecule has 4 rings (SSSR count). The molecule has 3 heterocycles. The van der Waals surface area contributed by atoms with Gasteiger partial charge in [0.1, 0.15) is 0 Å². The molecule has 1 amide bonds. The van der Waals surface area contributed by atoms with E-state index in [-0.39, 0.29) is 0 Å². The largest absolute Gasteiger partial charge is 0.381 e. The zero-order chi connectivity index (χ0) is 18.5. The number of amides is 1. The molecule has 4 nitrogen and oxygen atoms in total. The van der Waals surface area contributed by atoms with Crippen molar-refractivity contribution in [2.45, 2.75) is 44.9 Å². The first-order valence-electron chi connectivity index (χ1n) is 10.5. The van der Waals surface area contributed by atoms with Gasteiger partial charge in [-0.2, -0.15) is 0 Å². The van der Waals surface area contributed by atoms with Crippen LogP contribution < -0.4 is 0 Å². The zero-order valence-corrected chi connectivity index (χ0v) is 16.1. The van der Waals surface area contributed by atoms with Crippen molar-refractivity contribution in [1.82, 2.24) is 9.88 Å². The van der Waals surface area contributed by atoms with Crippen LogP contribution in [0.4, 0.5) is 0 Å². The summed E-state index contributed by atoms with van der Waals surface area (Å²) in [6, 6.07) is 10.6. The van der Waals surface area contributed by atoms with Crippen LogP contribution in [0.3, 0.4) is 0 Å². The van der Waals surface area contributed by atoms with Crippen molar-refractivity contribution >= 4 is 16.8 Å². The summed E-state index contributed by atoms with van der Waals surface area (Å²) in [5.41, 5.74) is 2.48. The van der Waals surface area contributed by atoms with Crippen molar-refractivity contribution in [2.75, 3.05) is 26.3 Å². The highest BCUT2D eigenvalue weighted by Crippen LogP contribution is 2.27. The molecule has 2 saturated heterocycles. The highest BCUT2D eigenvalue weighted by Gasteiger charge is 2.24. The lowest BCUT2D eigenvalue weighted by Crippen LogP contribution is -2.34. The molecule has 2 aliphatic heterocycles. The van der Waals surface area contributed by atoms with E-state index in [4.69, 9.17) is 4.74 Å². The van der Waals surface area contributed by atoms with Gasteiger partial charge in [0.15, 0.2) is 0 Å². The first kappa shape index (κ1) is 18.4. The number of ether oxygens (including phenoxy) is 1. The minimum Gasteiger partial charge on any atom is -0.381 e. The third-order valence-corrected chi connectivity index (χ3v) is 6.25. The van der Waals surface area contributed by atoms with E-state index in [0.717, 1.165) is 63.9 Å². The molecule has 0 bridgehead atoms. The van der Waals surface area contributed by atoms with E-state index < -0.39 is 0 Å². The predicted molar refractivity (Wildman–Crippen MR) is 108 cm³/mol. The van der Waals surface area contributed by atoms with Gasteiger partial charge in [-0.3, -0.25) is 9.78 Å². The lowest BCUT2D eigenvalue weighted by atomic mass is 9.91. The second-order valence-corrected chi connectivity index (χ2v) is 8.13. The normalized spacial score (nSPS) is 21.9. The molecule has 0 saturated carbocycles. The van der Waals surface area contributed by atoms with Gasteiger partial charge in [-0.15, -0.1) is 0 Å². The number of fused-ring (bicyclic) bond motifs is 1. The molecule has 27 heavy (non-hydrogen) atoms. The molecule has 0 radical (unpaired) electrons. The van der Waals surface area contributed by atoms with Crippen LogP contribution >= 0.6 is 0 Å². The SMILES string of the molecule is O=C(CC1CCOCC1)N1CCCC(Cc2cccc3ncccc23)CC1. The second-order valence-electron chi connectivity index (χ2n) is 8.13. The van der Waals surface area contributed by atoms with Crippen LogP contribution in [0.1, 0.15) is 44.1 Å². The summed E-state index contributed by atoms with van der Waals surface area (Å²) in [4.78, 5) is 19.3. The van der Waals surface area contributed by atoms with E-state index in [1.54, 1.807) is 0 Å². The average molecular weight is 367 g/mol. The molecule has 2 aromatic rings. The fourth-order valence-electron chi connectivity index (χ4n) is 4.60. The summed E-state index contributed by atoms with van der Waals surface area (Å²) in [7, 11) is 0. The summed E-state index contributed by atoms with van der Waals surface area (Å²) in [5.74, 6) is 1.53. The van der Waals surface area contributed by atoms with E-state index in [0.29, 0.717) is 24.2 Å². The smallest absolute Gasteiger partial charge is 0.222 e. The molecule has 0 N–H and O–H groups in total. The Morgan fingerprint density at radius 3 is 2.81 bits per heavy atom. The van der Waals surface area contributed by atoms with Gasteiger partial charge in [-0.25, -0.2) is 0 Å². The van der Waals surface area contributed by atoms with E-state index in [9.17, 15) is 4.79 Å². The molecular formula is C23H30N2O2. The topological polar surface area (TPSA) is 42.4 Å². The zero-order valence-electron chi connectivity index (χ0n) is 16.1. The molecule has 0 spiro atoms. The molecule has 1 aromatic carbocycles. The Bertz CT molecular complexity index is 765. The van der Waals surface area contributed by atoms with Gasteiger partial charge in [-0.05, 0) is 68.1 Å². The van der Waals surface area contributed by atoms with Crippen LogP contribution in [-0.4, -0.2) is 42.1 Å². The average Bonchev–Trinajstić information content (AvgIpc) is 2.95. The fourth-order valence-corrected chi connectivity index (χ4v) is 4.60. The molecule has 144 valence electrons. The van der Waals surface area contributed by atoms with E-state index >= 15 is 0 Å². The summed E-state index contributed by atoms with van der Waals surface area (Å²) in [6.07, 6.45) is 9.17. The van der Waals surface area contributed by atoms with Crippen molar-refractivity contribution in [3.05, 3.63) is 42.1 Å². The number of benzene rings is 1. The number of aromatic nitrogens is 1. The molecule has 0 aliphatic carbocycles. The van der Waals surface area contributed by atoms with E-state index in [2.05, 4.69) is 34.1 Å². The molecule has 2 aliphatic rings. The van der Waals surface area contributed by atoms with Crippen LogP contribution in [-0.2, 0) is 16.0 Å². The molecule has 1 unspecified atom stereocenters. The summed E-state index contributed by atoms with van der Waals surface area (Å²) in [6.45, 7) is 3.48. The molecule has 1 atom stereocenters. The summed E-state index contributed by atoms with van der Waals surface area (Å²) >= 11 is 0. The van der Waals surface area contributed by atoms with Gasteiger partial charge in [-0.1, -0.05) is 18.2 Å². The lowest BCUT2D eigenvalue weighted by Gasteiger charge is -2.26. The Kier molecular flexibility index (Phi) is 6.03. The Labute approximate surface area is 161 Å². The predicted octanol–water partition coefficient (Wildman–Crippen LogP) is 4.22. The van der Waals surface area contributed by atoms with Gasteiger partial charge in [0.2, 0.25) is 5.91 Å². The number of nitrogens with zero attached hydrogens (tertiary/aromatic N) is 2. The number of hydrogen-bond acceptors (Lipinski definition) is 3.